The molecule has 4 rings (SSSR count). The molecular weight excluding hydrogens is 390 g/mol. The molecule has 3 heterocycles. The van der Waals surface area contributed by atoms with Gasteiger partial charge >= 0.3 is 5.69 Å². The number of nitrogens with one attached hydrogen (secondary N) is 1. The lowest BCUT2D eigenvalue weighted by molar-refractivity contribution is -0.121. The molecule has 0 unspecified atom stereocenters. The van der Waals surface area contributed by atoms with Crippen LogP contribution >= 0.6 is 11.3 Å². The highest BCUT2D eigenvalue weighted by atomic mass is 32.1. The molecule has 1 aromatic carbocycles. The van der Waals surface area contributed by atoms with Gasteiger partial charge in [-0.05, 0) is 25.0 Å². The maximum atomic E-state index is 13.2. The van der Waals surface area contributed by atoms with E-state index in [0.717, 1.165) is 20.6 Å². The zero-order valence-corrected chi connectivity index (χ0v) is 17.5. The summed E-state index contributed by atoms with van der Waals surface area (Å²) in [6, 6.07) is 9.48. The summed E-state index contributed by atoms with van der Waals surface area (Å²) in [6.07, 6.45) is 0.593. The van der Waals surface area contributed by atoms with E-state index in [1.54, 1.807) is 7.05 Å². The van der Waals surface area contributed by atoms with E-state index in [2.05, 4.69) is 5.32 Å². The quantitative estimate of drug-likeness (QED) is 0.709. The smallest absolute Gasteiger partial charge is 0.332 e. The van der Waals surface area contributed by atoms with Crippen LogP contribution in [0.1, 0.15) is 29.9 Å². The molecule has 0 saturated heterocycles. The summed E-state index contributed by atoms with van der Waals surface area (Å²) in [5.74, 6) is -0.375. The summed E-state index contributed by atoms with van der Waals surface area (Å²) in [5.41, 5.74) is 0.607. The van der Waals surface area contributed by atoms with Crippen molar-refractivity contribution >= 4 is 27.5 Å². The van der Waals surface area contributed by atoms with Crippen LogP contribution in [0.2, 0.25) is 0 Å². The lowest BCUT2D eigenvalue weighted by Gasteiger charge is -2.29. The SMILES string of the molecule is Cn1c(=O)n(CC(=O)NCc2ccccc2)c(=O)c2c3c(sc21)COC(C)(C)C3. The molecule has 0 fully saturated rings. The first kappa shape index (κ1) is 19.6. The van der Waals surface area contributed by atoms with E-state index in [0.29, 0.717) is 29.8 Å². The predicted molar refractivity (Wildman–Crippen MR) is 112 cm³/mol. The molecule has 0 radical (unpaired) electrons. The molecule has 1 aliphatic rings. The molecule has 0 saturated carbocycles. The van der Waals surface area contributed by atoms with Crippen molar-refractivity contribution < 1.29 is 9.53 Å². The highest BCUT2D eigenvalue weighted by Crippen LogP contribution is 2.36. The summed E-state index contributed by atoms with van der Waals surface area (Å²) >= 11 is 1.41. The molecule has 0 aliphatic carbocycles. The molecule has 0 spiro atoms. The molecule has 7 nitrogen and oxygen atoms in total. The second-order valence-corrected chi connectivity index (χ2v) is 8.99. The second-order valence-electron chi connectivity index (χ2n) is 7.90. The maximum absolute atomic E-state index is 13.2. The number of fused-ring (bicyclic) bond motifs is 3. The average molecular weight is 413 g/mol. The van der Waals surface area contributed by atoms with Crippen LogP contribution in [0.5, 0.6) is 0 Å². The van der Waals surface area contributed by atoms with E-state index in [9.17, 15) is 14.4 Å². The number of aryl methyl sites for hydroxylation is 1. The fraction of sp³-hybridized carbons (Fsp3) is 0.381. The van der Waals surface area contributed by atoms with Gasteiger partial charge in [0, 0.05) is 24.9 Å². The number of thiophene rings is 1. The highest BCUT2D eigenvalue weighted by Gasteiger charge is 2.31. The van der Waals surface area contributed by atoms with Gasteiger partial charge in [0.1, 0.15) is 11.4 Å². The summed E-state index contributed by atoms with van der Waals surface area (Å²) in [4.78, 5) is 40.0. The number of rotatable bonds is 4. The van der Waals surface area contributed by atoms with Crippen LogP contribution in [-0.4, -0.2) is 20.6 Å². The average Bonchev–Trinajstić information content (AvgIpc) is 3.06. The fourth-order valence-electron chi connectivity index (χ4n) is 3.62. The lowest BCUT2D eigenvalue weighted by atomic mass is 9.94. The van der Waals surface area contributed by atoms with Gasteiger partial charge in [-0.3, -0.25) is 18.7 Å². The van der Waals surface area contributed by atoms with Gasteiger partial charge in [0.15, 0.2) is 0 Å². The van der Waals surface area contributed by atoms with Crippen molar-refractivity contribution in [3.63, 3.8) is 0 Å². The number of carbonyl (C=O) groups is 1. The number of benzene rings is 1. The topological polar surface area (TPSA) is 82.3 Å². The Hall–Kier alpha value is -2.71. The molecule has 2 aromatic heterocycles. The lowest BCUT2D eigenvalue weighted by Crippen LogP contribution is -2.43. The van der Waals surface area contributed by atoms with Crippen molar-refractivity contribution in [2.75, 3.05) is 0 Å². The van der Waals surface area contributed by atoms with Crippen LogP contribution in [0.25, 0.3) is 10.2 Å². The number of amides is 1. The Kier molecular flexibility index (Phi) is 4.92. The Bertz CT molecular complexity index is 1200. The Labute approximate surface area is 171 Å². The summed E-state index contributed by atoms with van der Waals surface area (Å²) in [7, 11) is 1.64. The van der Waals surface area contributed by atoms with Crippen LogP contribution in [0.3, 0.4) is 0 Å². The molecule has 1 amide bonds. The Balaban J connectivity index is 1.69. The maximum Gasteiger partial charge on any atom is 0.332 e. The number of hydrogen-bond acceptors (Lipinski definition) is 5. The Morgan fingerprint density at radius 1 is 1.24 bits per heavy atom. The van der Waals surface area contributed by atoms with Crippen molar-refractivity contribution in [3.05, 3.63) is 67.2 Å². The molecule has 1 aliphatic heterocycles. The Morgan fingerprint density at radius 3 is 2.69 bits per heavy atom. The molecule has 0 atom stereocenters. The minimum absolute atomic E-state index is 0.307. The van der Waals surface area contributed by atoms with Crippen LogP contribution in [0, 0.1) is 0 Å². The molecule has 8 heteroatoms. The number of carbonyl (C=O) groups excluding carboxylic acids is 1. The first-order valence-electron chi connectivity index (χ1n) is 9.45. The predicted octanol–water partition coefficient (Wildman–Crippen LogP) is 1.93. The molecule has 29 heavy (non-hydrogen) atoms. The van der Waals surface area contributed by atoms with Crippen molar-refractivity contribution in [2.24, 2.45) is 7.05 Å². The molecule has 3 aromatic rings. The minimum Gasteiger partial charge on any atom is -0.370 e. The van der Waals surface area contributed by atoms with Crippen molar-refractivity contribution in [1.82, 2.24) is 14.5 Å². The third kappa shape index (κ3) is 3.65. The van der Waals surface area contributed by atoms with E-state index >= 15 is 0 Å². The summed E-state index contributed by atoms with van der Waals surface area (Å²) in [6.45, 7) is 4.43. The molecule has 1 N–H and O–H groups in total. The van der Waals surface area contributed by atoms with Crippen LogP contribution in [-0.2, 0) is 42.7 Å². The van der Waals surface area contributed by atoms with E-state index < -0.39 is 11.2 Å². The van der Waals surface area contributed by atoms with Crippen LogP contribution in [0.15, 0.2) is 39.9 Å². The van der Waals surface area contributed by atoms with Gasteiger partial charge in [0.2, 0.25) is 5.91 Å². The summed E-state index contributed by atoms with van der Waals surface area (Å²) in [5, 5.41) is 3.30. The number of ether oxygens (including phenoxy) is 1. The molecular formula is C21H23N3O4S. The van der Waals surface area contributed by atoms with Gasteiger partial charge in [-0.1, -0.05) is 30.3 Å². The standard InChI is InChI=1S/C21H23N3O4S/c1-21(2)9-14-15(12-28-21)29-19-17(14)18(26)24(20(27)23(19)3)11-16(25)22-10-13-7-5-4-6-8-13/h4-8H,9-12H2,1-3H3,(H,22,25). The van der Waals surface area contributed by atoms with Crippen LogP contribution < -0.4 is 16.6 Å². The first-order valence-corrected chi connectivity index (χ1v) is 10.3. The molecule has 152 valence electrons. The zero-order valence-electron chi connectivity index (χ0n) is 16.7. The second kappa shape index (κ2) is 7.27. The largest absolute Gasteiger partial charge is 0.370 e. The third-order valence-electron chi connectivity index (χ3n) is 5.18. The van der Waals surface area contributed by atoms with Gasteiger partial charge in [-0.15, -0.1) is 11.3 Å². The number of aromatic nitrogens is 2. The first-order chi connectivity index (χ1) is 13.8. The minimum atomic E-state index is -0.490. The van der Waals surface area contributed by atoms with Crippen molar-refractivity contribution in [2.45, 2.75) is 45.6 Å². The van der Waals surface area contributed by atoms with Crippen molar-refractivity contribution in [1.29, 1.82) is 0 Å². The van der Waals surface area contributed by atoms with Gasteiger partial charge in [-0.25, -0.2) is 4.79 Å². The van der Waals surface area contributed by atoms with E-state index in [-0.39, 0.29) is 18.1 Å². The zero-order chi connectivity index (χ0) is 20.8. The monoisotopic (exact) mass is 413 g/mol. The van der Waals surface area contributed by atoms with E-state index in [1.165, 1.54) is 15.9 Å². The number of nitrogens with zero attached hydrogens (tertiary/aromatic N) is 2. The van der Waals surface area contributed by atoms with Gasteiger partial charge < -0.3 is 10.1 Å². The third-order valence-corrected chi connectivity index (χ3v) is 6.47. The van der Waals surface area contributed by atoms with Crippen LogP contribution in [0.4, 0.5) is 0 Å². The van der Waals surface area contributed by atoms with Crippen molar-refractivity contribution in [3.8, 4) is 0 Å². The molecule has 0 bridgehead atoms. The van der Waals surface area contributed by atoms with E-state index in [4.69, 9.17) is 4.74 Å². The normalized spacial score (nSPS) is 15.3. The van der Waals surface area contributed by atoms with Gasteiger partial charge in [0.25, 0.3) is 5.56 Å². The Morgan fingerprint density at radius 2 is 1.97 bits per heavy atom. The van der Waals surface area contributed by atoms with Gasteiger partial charge in [0.05, 0.1) is 17.6 Å². The van der Waals surface area contributed by atoms with Gasteiger partial charge in [-0.2, -0.15) is 0 Å². The number of hydrogen-bond donors (Lipinski definition) is 1. The highest BCUT2D eigenvalue weighted by molar-refractivity contribution is 7.18. The summed E-state index contributed by atoms with van der Waals surface area (Å²) < 4.78 is 8.33. The fourth-order valence-corrected chi connectivity index (χ4v) is 4.80. The van der Waals surface area contributed by atoms with E-state index in [1.807, 2.05) is 44.2 Å².